The average Bonchev–Trinajstić information content (AvgIpc) is 3.33. The first-order chi connectivity index (χ1) is 12.7. The van der Waals surface area contributed by atoms with Crippen LogP contribution in [-0.4, -0.2) is 26.7 Å². The number of carbonyl (C=O) groups excluding carboxylic acids is 1. The maximum absolute atomic E-state index is 12.4. The number of Topliss-reactive ketones (excluding diaryl/α,β-unsaturated/α-hetero) is 1. The molecule has 130 valence electrons. The second kappa shape index (κ2) is 7.17. The van der Waals surface area contributed by atoms with Crippen molar-refractivity contribution in [2.24, 2.45) is 0 Å². The fourth-order valence-electron chi connectivity index (χ4n) is 2.66. The van der Waals surface area contributed by atoms with Crippen LogP contribution in [0.2, 0.25) is 0 Å². The van der Waals surface area contributed by atoms with Crippen LogP contribution in [0.25, 0.3) is 22.4 Å². The number of para-hydroxylation sites is 1. The van der Waals surface area contributed by atoms with Crippen molar-refractivity contribution in [1.82, 2.24) is 15.2 Å². The highest BCUT2D eigenvalue weighted by Gasteiger charge is 2.14. The maximum atomic E-state index is 12.4. The minimum atomic E-state index is -0.0788. The predicted molar refractivity (Wildman–Crippen MR) is 102 cm³/mol. The van der Waals surface area contributed by atoms with Crippen molar-refractivity contribution in [3.8, 4) is 11.4 Å². The molecule has 2 heterocycles. The molecule has 1 N–H and O–H groups in total. The van der Waals surface area contributed by atoms with Gasteiger partial charge in [0.2, 0.25) is 10.9 Å². The molecule has 0 radical (unpaired) electrons. The largest absolute Gasteiger partial charge is 0.453 e. The predicted octanol–water partition coefficient (Wildman–Crippen LogP) is 4.76. The van der Waals surface area contributed by atoms with Gasteiger partial charge in [-0.1, -0.05) is 61.2 Å². The summed E-state index contributed by atoms with van der Waals surface area (Å²) in [6.07, 6.45) is 1.00. The first kappa shape index (κ1) is 16.6. The van der Waals surface area contributed by atoms with Gasteiger partial charge in [-0.3, -0.25) is 9.89 Å². The van der Waals surface area contributed by atoms with Crippen LogP contribution < -0.4 is 0 Å². The molecular formula is C20H17N3O2S. The number of ketones is 1. The lowest BCUT2D eigenvalue weighted by molar-refractivity contribution is 0.0994. The molecule has 0 saturated heterocycles. The standard InChI is InChI=1S/C20H17N3O2S/c1-2-13-7-9-14(10-8-13)19-21-20(23-22-19)26-12-16(24)18-11-15-5-3-4-6-17(15)25-18/h3-11H,2,12H2,1H3,(H,21,22,23). The van der Waals surface area contributed by atoms with E-state index in [1.807, 2.05) is 36.4 Å². The number of thioether (sulfide) groups is 1. The monoisotopic (exact) mass is 363 g/mol. The molecule has 4 rings (SSSR count). The van der Waals surface area contributed by atoms with E-state index in [0.29, 0.717) is 16.7 Å². The Morgan fingerprint density at radius 3 is 2.73 bits per heavy atom. The van der Waals surface area contributed by atoms with Crippen molar-refractivity contribution in [2.45, 2.75) is 18.5 Å². The van der Waals surface area contributed by atoms with Gasteiger partial charge in [0.15, 0.2) is 11.6 Å². The SMILES string of the molecule is CCc1ccc(-c2nc(SCC(=O)c3cc4ccccc4o3)n[nH]2)cc1. The molecular weight excluding hydrogens is 346 g/mol. The van der Waals surface area contributed by atoms with E-state index in [9.17, 15) is 4.79 Å². The van der Waals surface area contributed by atoms with Gasteiger partial charge in [-0.05, 0) is 24.1 Å². The fraction of sp³-hybridized carbons (Fsp3) is 0.150. The van der Waals surface area contributed by atoms with Gasteiger partial charge in [-0.15, -0.1) is 5.10 Å². The maximum Gasteiger partial charge on any atom is 0.209 e. The molecule has 0 atom stereocenters. The van der Waals surface area contributed by atoms with E-state index in [1.54, 1.807) is 6.07 Å². The summed E-state index contributed by atoms with van der Waals surface area (Å²) < 4.78 is 5.60. The quantitative estimate of drug-likeness (QED) is 0.395. The number of H-pyrrole nitrogens is 1. The molecule has 0 aliphatic heterocycles. The van der Waals surface area contributed by atoms with Crippen molar-refractivity contribution in [1.29, 1.82) is 0 Å². The molecule has 0 amide bonds. The summed E-state index contributed by atoms with van der Waals surface area (Å²) in [6.45, 7) is 2.12. The highest BCUT2D eigenvalue weighted by molar-refractivity contribution is 7.99. The number of furan rings is 1. The lowest BCUT2D eigenvalue weighted by Gasteiger charge is -1.98. The molecule has 0 aliphatic carbocycles. The third-order valence-electron chi connectivity index (χ3n) is 4.13. The molecule has 0 bridgehead atoms. The first-order valence-electron chi connectivity index (χ1n) is 8.39. The topological polar surface area (TPSA) is 71.8 Å². The van der Waals surface area contributed by atoms with Gasteiger partial charge in [0.1, 0.15) is 5.58 Å². The van der Waals surface area contributed by atoms with Crippen LogP contribution in [0.1, 0.15) is 23.0 Å². The Bertz CT molecular complexity index is 1020. The Morgan fingerprint density at radius 1 is 1.15 bits per heavy atom. The first-order valence-corrected chi connectivity index (χ1v) is 9.38. The van der Waals surface area contributed by atoms with Crippen LogP contribution in [-0.2, 0) is 6.42 Å². The highest BCUT2D eigenvalue weighted by atomic mass is 32.2. The van der Waals surface area contributed by atoms with E-state index in [-0.39, 0.29) is 11.5 Å². The van der Waals surface area contributed by atoms with Crippen LogP contribution in [0.3, 0.4) is 0 Å². The average molecular weight is 363 g/mol. The van der Waals surface area contributed by atoms with Gasteiger partial charge < -0.3 is 4.42 Å². The molecule has 26 heavy (non-hydrogen) atoms. The van der Waals surface area contributed by atoms with Crippen molar-refractivity contribution < 1.29 is 9.21 Å². The van der Waals surface area contributed by atoms with Gasteiger partial charge in [0.05, 0.1) is 5.75 Å². The zero-order valence-electron chi connectivity index (χ0n) is 14.2. The third kappa shape index (κ3) is 3.41. The molecule has 6 heteroatoms. The number of hydrogen-bond donors (Lipinski definition) is 1. The number of carbonyl (C=O) groups is 1. The summed E-state index contributed by atoms with van der Waals surface area (Å²) in [5.41, 5.74) is 2.97. The number of nitrogens with zero attached hydrogens (tertiary/aromatic N) is 2. The van der Waals surface area contributed by atoms with Crippen LogP contribution in [0, 0.1) is 0 Å². The number of aromatic nitrogens is 3. The Morgan fingerprint density at radius 2 is 1.96 bits per heavy atom. The van der Waals surface area contributed by atoms with E-state index >= 15 is 0 Å². The number of aryl methyl sites for hydroxylation is 1. The number of aromatic amines is 1. The van der Waals surface area contributed by atoms with Gasteiger partial charge in [-0.25, -0.2) is 4.98 Å². The molecule has 2 aromatic heterocycles. The molecule has 4 aromatic rings. The van der Waals surface area contributed by atoms with Crippen LogP contribution in [0.5, 0.6) is 0 Å². The smallest absolute Gasteiger partial charge is 0.209 e. The molecule has 0 saturated carbocycles. The van der Waals surface area contributed by atoms with Crippen LogP contribution in [0.15, 0.2) is 64.2 Å². The second-order valence-electron chi connectivity index (χ2n) is 5.88. The second-order valence-corrected chi connectivity index (χ2v) is 6.82. The fourth-order valence-corrected chi connectivity index (χ4v) is 3.33. The van der Waals surface area contributed by atoms with Gasteiger partial charge in [-0.2, -0.15) is 0 Å². The summed E-state index contributed by atoms with van der Waals surface area (Å²) in [7, 11) is 0. The zero-order valence-corrected chi connectivity index (χ0v) is 15.0. The van der Waals surface area contributed by atoms with E-state index in [1.165, 1.54) is 17.3 Å². The third-order valence-corrected chi connectivity index (χ3v) is 4.98. The van der Waals surface area contributed by atoms with Crippen molar-refractivity contribution in [3.63, 3.8) is 0 Å². The number of fused-ring (bicyclic) bond motifs is 1. The molecule has 0 aliphatic rings. The summed E-state index contributed by atoms with van der Waals surface area (Å²) >= 11 is 1.29. The molecule has 0 fully saturated rings. The minimum Gasteiger partial charge on any atom is -0.453 e. The van der Waals surface area contributed by atoms with Crippen molar-refractivity contribution in [2.75, 3.05) is 5.75 Å². The Hall–Kier alpha value is -2.86. The van der Waals surface area contributed by atoms with E-state index in [4.69, 9.17) is 4.42 Å². The summed E-state index contributed by atoms with van der Waals surface area (Å²) in [5.74, 6) is 1.21. The Balaban J connectivity index is 1.43. The normalized spacial score (nSPS) is 11.1. The zero-order chi connectivity index (χ0) is 17.9. The van der Waals surface area contributed by atoms with Gasteiger partial charge in [0, 0.05) is 10.9 Å². The van der Waals surface area contributed by atoms with Gasteiger partial charge >= 0.3 is 0 Å². The lowest BCUT2D eigenvalue weighted by atomic mass is 10.1. The van der Waals surface area contributed by atoms with Crippen molar-refractivity contribution >= 4 is 28.5 Å². The van der Waals surface area contributed by atoms with E-state index in [2.05, 4.69) is 34.2 Å². The molecule has 0 spiro atoms. The molecule has 5 nitrogen and oxygen atoms in total. The van der Waals surface area contributed by atoms with E-state index in [0.717, 1.165) is 23.0 Å². The molecule has 2 aromatic carbocycles. The Labute approximate surface area is 154 Å². The number of benzene rings is 2. The lowest BCUT2D eigenvalue weighted by Crippen LogP contribution is -2.00. The highest BCUT2D eigenvalue weighted by Crippen LogP contribution is 2.23. The molecule has 0 unspecified atom stereocenters. The number of rotatable bonds is 6. The summed E-state index contributed by atoms with van der Waals surface area (Å²) in [5, 5.41) is 8.59. The summed E-state index contributed by atoms with van der Waals surface area (Å²) in [6, 6.07) is 17.6. The minimum absolute atomic E-state index is 0.0788. The van der Waals surface area contributed by atoms with Crippen LogP contribution in [0.4, 0.5) is 0 Å². The van der Waals surface area contributed by atoms with Gasteiger partial charge in [0.25, 0.3) is 0 Å². The Kier molecular flexibility index (Phi) is 4.58. The summed E-state index contributed by atoms with van der Waals surface area (Å²) in [4.78, 5) is 16.8. The van der Waals surface area contributed by atoms with Crippen molar-refractivity contribution in [3.05, 3.63) is 65.9 Å². The number of hydrogen-bond acceptors (Lipinski definition) is 5. The van der Waals surface area contributed by atoms with Crippen LogP contribution >= 0.6 is 11.8 Å². The van der Waals surface area contributed by atoms with E-state index < -0.39 is 0 Å². The number of nitrogens with one attached hydrogen (secondary N) is 1.